The first kappa shape index (κ1) is 10.1. The molecular weight excluding hydrogens is 186 g/mol. The van der Waals surface area contributed by atoms with Crippen LogP contribution in [0.5, 0.6) is 0 Å². The first-order valence-corrected chi connectivity index (χ1v) is 5.42. The third-order valence-electron chi connectivity index (χ3n) is 2.64. The SMILES string of the molecule is CC(C)c1cc2cncnc2n1C(C)C. The van der Waals surface area contributed by atoms with Crippen LogP contribution in [-0.4, -0.2) is 14.5 Å². The molecule has 0 saturated carbocycles. The highest BCUT2D eigenvalue weighted by atomic mass is 15.1. The van der Waals surface area contributed by atoms with Crippen molar-refractivity contribution in [3.63, 3.8) is 0 Å². The molecule has 0 radical (unpaired) electrons. The molecule has 0 aromatic carbocycles. The lowest BCUT2D eigenvalue weighted by Crippen LogP contribution is -2.07. The Morgan fingerprint density at radius 2 is 1.93 bits per heavy atom. The van der Waals surface area contributed by atoms with Crippen LogP contribution in [-0.2, 0) is 0 Å². The second-order valence-corrected chi connectivity index (χ2v) is 4.49. The molecule has 2 aromatic rings. The van der Waals surface area contributed by atoms with Gasteiger partial charge >= 0.3 is 0 Å². The molecule has 0 spiro atoms. The van der Waals surface area contributed by atoms with Crippen LogP contribution in [0.2, 0.25) is 0 Å². The predicted octanol–water partition coefficient (Wildman–Crippen LogP) is 3.14. The molecule has 3 heteroatoms. The fourth-order valence-electron chi connectivity index (χ4n) is 1.98. The molecule has 0 aliphatic rings. The van der Waals surface area contributed by atoms with E-state index in [1.165, 1.54) is 5.69 Å². The van der Waals surface area contributed by atoms with Crippen LogP contribution in [0.15, 0.2) is 18.6 Å². The van der Waals surface area contributed by atoms with Gasteiger partial charge in [0.1, 0.15) is 12.0 Å². The fourth-order valence-corrected chi connectivity index (χ4v) is 1.98. The summed E-state index contributed by atoms with van der Waals surface area (Å²) in [6.07, 6.45) is 3.50. The van der Waals surface area contributed by atoms with Gasteiger partial charge in [0.25, 0.3) is 0 Å². The molecule has 2 heterocycles. The maximum absolute atomic E-state index is 4.36. The Kier molecular flexibility index (Phi) is 2.47. The van der Waals surface area contributed by atoms with Crippen molar-refractivity contribution in [2.45, 2.75) is 39.7 Å². The molecular formula is C12H17N3. The lowest BCUT2D eigenvalue weighted by molar-refractivity contribution is 0.573. The Bertz CT molecular complexity index is 469. The van der Waals surface area contributed by atoms with E-state index in [2.05, 4.69) is 48.3 Å². The van der Waals surface area contributed by atoms with Crippen molar-refractivity contribution in [1.29, 1.82) is 0 Å². The van der Waals surface area contributed by atoms with Gasteiger partial charge in [-0.15, -0.1) is 0 Å². The molecule has 0 N–H and O–H groups in total. The van der Waals surface area contributed by atoms with Gasteiger partial charge in [0, 0.05) is 23.3 Å². The Hall–Kier alpha value is -1.38. The minimum absolute atomic E-state index is 0.440. The maximum Gasteiger partial charge on any atom is 0.143 e. The van der Waals surface area contributed by atoms with Crippen LogP contribution in [0.4, 0.5) is 0 Å². The molecule has 0 bridgehead atoms. The predicted molar refractivity (Wildman–Crippen MR) is 62.0 cm³/mol. The van der Waals surface area contributed by atoms with Crippen LogP contribution in [0.1, 0.15) is 45.3 Å². The summed E-state index contributed by atoms with van der Waals surface area (Å²) < 4.78 is 2.29. The molecule has 0 amide bonds. The van der Waals surface area contributed by atoms with Crippen molar-refractivity contribution in [2.75, 3.05) is 0 Å². The second-order valence-electron chi connectivity index (χ2n) is 4.49. The maximum atomic E-state index is 4.36. The van der Waals surface area contributed by atoms with Gasteiger partial charge in [-0.05, 0) is 25.8 Å². The third kappa shape index (κ3) is 1.62. The van der Waals surface area contributed by atoms with Gasteiger partial charge in [-0.3, -0.25) is 0 Å². The van der Waals surface area contributed by atoms with E-state index < -0.39 is 0 Å². The monoisotopic (exact) mass is 203 g/mol. The van der Waals surface area contributed by atoms with E-state index in [9.17, 15) is 0 Å². The van der Waals surface area contributed by atoms with Gasteiger partial charge < -0.3 is 4.57 Å². The lowest BCUT2D eigenvalue weighted by Gasteiger charge is -2.15. The zero-order valence-electron chi connectivity index (χ0n) is 9.73. The largest absolute Gasteiger partial charge is 0.327 e. The quantitative estimate of drug-likeness (QED) is 0.750. The standard InChI is InChI=1S/C12H17N3/c1-8(2)11-5-10-6-13-7-14-12(10)15(11)9(3)4/h5-9H,1-4H3. The van der Waals surface area contributed by atoms with E-state index in [1.807, 2.05) is 6.20 Å². The lowest BCUT2D eigenvalue weighted by atomic mass is 10.1. The highest BCUT2D eigenvalue weighted by molar-refractivity contribution is 5.76. The minimum atomic E-state index is 0.440. The molecule has 15 heavy (non-hydrogen) atoms. The molecule has 2 aromatic heterocycles. The van der Waals surface area contributed by atoms with E-state index in [-0.39, 0.29) is 0 Å². The van der Waals surface area contributed by atoms with E-state index in [0.29, 0.717) is 12.0 Å². The van der Waals surface area contributed by atoms with E-state index in [0.717, 1.165) is 11.0 Å². The molecule has 0 atom stereocenters. The number of nitrogens with zero attached hydrogens (tertiary/aromatic N) is 3. The average Bonchev–Trinajstić information content (AvgIpc) is 2.56. The highest BCUT2D eigenvalue weighted by Gasteiger charge is 2.14. The number of aromatic nitrogens is 3. The van der Waals surface area contributed by atoms with Gasteiger partial charge in [-0.1, -0.05) is 13.8 Å². The summed E-state index contributed by atoms with van der Waals surface area (Å²) >= 11 is 0. The molecule has 80 valence electrons. The Morgan fingerprint density at radius 1 is 1.20 bits per heavy atom. The minimum Gasteiger partial charge on any atom is -0.327 e. The first-order chi connectivity index (χ1) is 7.11. The number of fused-ring (bicyclic) bond motifs is 1. The van der Waals surface area contributed by atoms with E-state index in [1.54, 1.807) is 6.33 Å². The fraction of sp³-hybridized carbons (Fsp3) is 0.500. The molecule has 0 fully saturated rings. The molecule has 2 rings (SSSR count). The van der Waals surface area contributed by atoms with Gasteiger partial charge in [0.2, 0.25) is 0 Å². The highest BCUT2D eigenvalue weighted by Crippen LogP contribution is 2.26. The molecule has 0 unspecified atom stereocenters. The summed E-state index contributed by atoms with van der Waals surface area (Å²) in [6.45, 7) is 8.79. The van der Waals surface area contributed by atoms with E-state index in [4.69, 9.17) is 0 Å². The second kappa shape index (κ2) is 3.65. The average molecular weight is 203 g/mol. The summed E-state index contributed by atoms with van der Waals surface area (Å²) in [5, 5.41) is 1.13. The van der Waals surface area contributed by atoms with Crippen molar-refractivity contribution >= 4 is 11.0 Å². The van der Waals surface area contributed by atoms with Gasteiger partial charge in [-0.25, -0.2) is 9.97 Å². The number of rotatable bonds is 2. The van der Waals surface area contributed by atoms with Gasteiger partial charge in [0.15, 0.2) is 0 Å². The smallest absolute Gasteiger partial charge is 0.143 e. The van der Waals surface area contributed by atoms with Gasteiger partial charge in [0.05, 0.1) is 0 Å². The van der Waals surface area contributed by atoms with Crippen LogP contribution in [0.3, 0.4) is 0 Å². The summed E-state index contributed by atoms with van der Waals surface area (Å²) in [5.74, 6) is 0.515. The number of hydrogen-bond acceptors (Lipinski definition) is 2. The molecule has 0 aliphatic heterocycles. The molecule has 0 saturated heterocycles. The van der Waals surface area contributed by atoms with Gasteiger partial charge in [-0.2, -0.15) is 0 Å². The summed E-state index contributed by atoms with van der Waals surface area (Å²) in [5.41, 5.74) is 2.38. The number of hydrogen-bond donors (Lipinski definition) is 0. The van der Waals surface area contributed by atoms with Crippen molar-refractivity contribution in [1.82, 2.24) is 14.5 Å². The third-order valence-corrected chi connectivity index (χ3v) is 2.64. The van der Waals surface area contributed by atoms with Crippen molar-refractivity contribution in [2.24, 2.45) is 0 Å². The Balaban J connectivity index is 2.75. The van der Waals surface area contributed by atoms with Crippen LogP contribution in [0, 0.1) is 0 Å². The van der Waals surface area contributed by atoms with Crippen LogP contribution < -0.4 is 0 Å². The summed E-state index contributed by atoms with van der Waals surface area (Å²) in [6, 6.07) is 2.63. The Labute approximate surface area is 90.2 Å². The van der Waals surface area contributed by atoms with Crippen LogP contribution >= 0.6 is 0 Å². The first-order valence-electron chi connectivity index (χ1n) is 5.42. The van der Waals surface area contributed by atoms with Crippen molar-refractivity contribution in [3.05, 3.63) is 24.3 Å². The summed E-state index contributed by atoms with van der Waals surface area (Å²) in [4.78, 5) is 8.42. The normalized spacial score (nSPS) is 11.9. The zero-order chi connectivity index (χ0) is 11.0. The Morgan fingerprint density at radius 3 is 2.53 bits per heavy atom. The zero-order valence-corrected chi connectivity index (χ0v) is 9.73. The molecule has 0 aliphatic carbocycles. The summed E-state index contributed by atoms with van der Waals surface area (Å²) in [7, 11) is 0. The molecule has 3 nitrogen and oxygen atoms in total. The van der Waals surface area contributed by atoms with Crippen LogP contribution in [0.25, 0.3) is 11.0 Å². The van der Waals surface area contributed by atoms with Crippen molar-refractivity contribution in [3.8, 4) is 0 Å². The van der Waals surface area contributed by atoms with E-state index >= 15 is 0 Å². The van der Waals surface area contributed by atoms with Crippen molar-refractivity contribution < 1.29 is 0 Å². The topological polar surface area (TPSA) is 30.7 Å².